The monoisotopic (exact) mass is 421 g/mol. The quantitative estimate of drug-likeness (QED) is 0.587. The molecular formula is C22H27N7O2. The Balaban J connectivity index is 1.56. The van der Waals surface area contributed by atoms with Gasteiger partial charge in [-0.25, -0.2) is 9.97 Å². The van der Waals surface area contributed by atoms with Gasteiger partial charge in [-0.2, -0.15) is 0 Å². The average molecular weight is 422 g/mol. The van der Waals surface area contributed by atoms with Crippen molar-refractivity contribution >= 4 is 35.0 Å². The molecule has 0 unspecified atom stereocenters. The summed E-state index contributed by atoms with van der Waals surface area (Å²) in [5.41, 5.74) is 6.57. The van der Waals surface area contributed by atoms with E-state index in [4.69, 9.17) is 5.73 Å². The van der Waals surface area contributed by atoms with Crippen LogP contribution in [0, 0.1) is 0 Å². The van der Waals surface area contributed by atoms with Gasteiger partial charge in [-0.05, 0) is 56.0 Å². The van der Waals surface area contributed by atoms with Gasteiger partial charge in [-0.1, -0.05) is 6.58 Å². The predicted molar refractivity (Wildman–Crippen MR) is 120 cm³/mol. The summed E-state index contributed by atoms with van der Waals surface area (Å²) in [6.45, 7) is 6.30. The van der Waals surface area contributed by atoms with Crippen LogP contribution in [0.15, 0.2) is 43.1 Å². The minimum atomic E-state index is -0.568. The maximum Gasteiger partial charge on any atom is 0.252 e. The topological polar surface area (TPSA) is 116 Å². The van der Waals surface area contributed by atoms with Crippen molar-refractivity contribution in [1.29, 1.82) is 0 Å². The third kappa shape index (κ3) is 4.60. The number of hydrogen-bond acceptors (Lipinski definition) is 7. The molecule has 2 aliphatic heterocycles. The zero-order chi connectivity index (χ0) is 21.8. The SMILES string of the molecule is C=CC(=O)N[C@@H]1CCCN1c1ccc(C(N)=O)c(Nc2ccc(N3CCCC3)nc2)n1. The summed E-state index contributed by atoms with van der Waals surface area (Å²) in [7, 11) is 0. The van der Waals surface area contributed by atoms with Gasteiger partial charge >= 0.3 is 0 Å². The largest absolute Gasteiger partial charge is 0.365 e. The number of rotatable bonds is 7. The van der Waals surface area contributed by atoms with Crippen LogP contribution in [0.4, 0.5) is 23.1 Å². The van der Waals surface area contributed by atoms with Crippen LogP contribution in [0.1, 0.15) is 36.0 Å². The van der Waals surface area contributed by atoms with Crippen molar-refractivity contribution in [3.63, 3.8) is 0 Å². The van der Waals surface area contributed by atoms with Crippen LogP contribution in [-0.2, 0) is 4.79 Å². The fraction of sp³-hybridized carbons (Fsp3) is 0.364. The lowest BCUT2D eigenvalue weighted by molar-refractivity contribution is -0.117. The lowest BCUT2D eigenvalue weighted by atomic mass is 10.2. The lowest BCUT2D eigenvalue weighted by Crippen LogP contribution is -2.44. The first-order chi connectivity index (χ1) is 15.0. The molecule has 0 spiro atoms. The molecule has 0 aromatic carbocycles. The van der Waals surface area contributed by atoms with Gasteiger partial charge in [-0.3, -0.25) is 9.59 Å². The number of nitrogens with two attached hydrogens (primary N) is 1. The number of hydrogen-bond donors (Lipinski definition) is 3. The van der Waals surface area contributed by atoms with Crippen molar-refractivity contribution in [2.24, 2.45) is 5.73 Å². The Kier molecular flexibility index (Phi) is 6.01. The normalized spacial score (nSPS) is 18.1. The molecule has 2 aromatic heterocycles. The van der Waals surface area contributed by atoms with E-state index in [9.17, 15) is 9.59 Å². The average Bonchev–Trinajstić information content (AvgIpc) is 3.46. The summed E-state index contributed by atoms with van der Waals surface area (Å²) < 4.78 is 0. The Morgan fingerprint density at radius 2 is 1.87 bits per heavy atom. The molecule has 9 heteroatoms. The van der Waals surface area contributed by atoms with Crippen LogP contribution >= 0.6 is 0 Å². The zero-order valence-electron chi connectivity index (χ0n) is 17.4. The van der Waals surface area contributed by atoms with Crippen LogP contribution in [0.2, 0.25) is 0 Å². The number of nitrogens with zero attached hydrogens (tertiary/aromatic N) is 4. The minimum Gasteiger partial charge on any atom is -0.365 e. The molecule has 2 aromatic rings. The van der Waals surface area contributed by atoms with Crippen LogP contribution in [-0.4, -0.2) is 47.6 Å². The fourth-order valence-electron chi connectivity index (χ4n) is 4.05. The van der Waals surface area contributed by atoms with Gasteiger partial charge in [0.1, 0.15) is 23.6 Å². The second-order valence-electron chi connectivity index (χ2n) is 7.72. The lowest BCUT2D eigenvalue weighted by Gasteiger charge is -2.27. The van der Waals surface area contributed by atoms with Crippen molar-refractivity contribution in [2.45, 2.75) is 31.8 Å². The van der Waals surface area contributed by atoms with Crippen LogP contribution < -0.4 is 26.2 Å². The highest BCUT2D eigenvalue weighted by atomic mass is 16.2. The van der Waals surface area contributed by atoms with Crippen LogP contribution in [0.5, 0.6) is 0 Å². The minimum absolute atomic E-state index is 0.174. The maximum atomic E-state index is 12.0. The van der Waals surface area contributed by atoms with Gasteiger partial charge in [0.05, 0.1) is 17.4 Å². The van der Waals surface area contributed by atoms with Gasteiger partial charge in [0.25, 0.3) is 5.91 Å². The second kappa shape index (κ2) is 9.03. The molecule has 162 valence electrons. The van der Waals surface area contributed by atoms with E-state index in [1.165, 1.54) is 18.9 Å². The molecule has 0 radical (unpaired) electrons. The smallest absolute Gasteiger partial charge is 0.252 e. The molecule has 31 heavy (non-hydrogen) atoms. The molecule has 4 rings (SSSR count). The number of primary amides is 1. The molecule has 9 nitrogen and oxygen atoms in total. The summed E-state index contributed by atoms with van der Waals surface area (Å²) in [5.74, 6) is 1.16. The summed E-state index contributed by atoms with van der Waals surface area (Å²) in [6, 6.07) is 7.29. The number of anilines is 4. The van der Waals surface area contributed by atoms with Crippen molar-refractivity contribution < 1.29 is 9.59 Å². The van der Waals surface area contributed by atoms with Crippen LogP contribution in [0.3, 0.4) is 0 Å². The number of aromatic nitrogens is 2. The number of nitrogens with one attached hydrogen (secondary N) is 2. The van der Waals surface area contributed by atoms with E-state index >= 15 is 0 Å². The van der Waals surface area contributed by atoms with Crippen molar-refractivity contribution in [2.75, 3.05) is 34.8 Å². The molecule has 2 aliphatic rings. The molecule has 2 saturated heterocycles. The fourth-order valence-corrected chi connectivity index (χ4v) is 4.05. The second-order valence-corrected chi connectivity index (χ2v) is 7.72. The van der Waals surface area contributed by atoms with Gasteiger partial charge in [0.15, 0.2) is 0 Å². The van der Waals surface area contributed by atoms with Gasteiger partial charge in [0, 0.05) is 19.6 Å². The van der Waals surface area contributed by atoms with Crippen molar-refractivity contribution in [3.05, 3.63) is 48.7 Å². The summed E-state index contributed by atoms with van der Waals surface area (Å²) >= 11 is 0. The third-order valence-corrected chi connectivity index (χ3v) is 5.63. The van der Waals surface area contributed by atoms with Gasteiger partial charge in [0.2, 0.25) is 5.91 Å². The van der Waals surface area contributed by atoms with Crippen molar-refractivity contribution in [1.82, 2.24) is 15.3 Å². The van der Waals surface area contributed by atoms with Crippen molar-refractivity contribution in [3.8, 4) is 0 Å². The van der Waals surface area contributed by atoms with E-state index < -0.39 is 5.91 Å². The first kappa shape index (κ1) is 20.6. The van der Waals surface area contributed by atoms with E-state index in [1.807, 2.05) is 17.0 Å². The van der Waals surface area contributed by atoms with E-state index in [2.05, 4.69) is 32.1 Å². The highest BCUT2D eigenvalue weighted by Crippen LogP contribution is 2.28. The van der Waals surface area contributed by atoms with Gasteiger partial charge < -0.3 is 26.2 Å². The molecule has 0 bridgehead atoms. The number of pyridine rings is 2. The molecule has 4 N–H and O–H groups in total. The molecule has 2 fully saturated rings. The molecule has 0 saturated carbocycles. The first-order valence-corrected chi connectivity index (χ1v) is 10.5. The summed E-state index contributed by atoms with van der Waals surface area (Å²) in [6.07, 6.45) is 6.92. The van der Waals surface area contributed by atoms with Gasteiger partial charge in [-0.15, -0.1) is 0 Å². The van der Waals surface area contributed by atoms with E-state index in [1.54, 1.807) is 18.3 Å². The highest BCUT2D eigenvalue weighted by Gasteiger charge is 2.27. The Labute approximate surface area is 181 Å². The van der Waals surface area contributed by atoms with E-state index in [-0.39, 0.29) is 12.1 Å². The standard InChI is InChI=1S/C22H27N7O2/c1-2-20(30)26-18-6-5-13-29(18)19-10-8-16(21(23)31)22(27-19)25-15-7-9-17(24-14-15)28-11-3-4-12-28/h2,7-10,14,18H,1,3-6,11-13H2,(H2,23,31)(H,25,27)(H,26,30)/t18-/m0/s1. The summed E-state index contributed by atoms with van der Waals surface area (Å²) in [4.78, 5) is 37.2. The molecular weight excluding hydrogens is 394 g/mol. The highest BCUT2D eigenvalue weighted by molar-refractivity contribution is 5.98. The Morgan fingerprint density at radius 1 is 1.10 bits per heavy atom. The molecule has 4 heterocycles. The molecule has 0 aliphatic carbocycles. The Bertz CT molecular complexity index is 970. The number of carbonyl (C=O) groups is 2. The Hall–Kier alpha value is -3.62. The number of amides is 2. The predicted octanol–water partition coefficient (Wildman–Crippen LogP) is 2.15. The molecule has 1 atom stereocenters. The van der Waals surface area contributed by atoms with E-state index in [0.717, 1.165) is 38.3 Å². The third-order valence-electron chi connectivity index (χ3n) is 5.63. The summed E-state index contributed by atoms with van der Waals surface area (Å²) in [5, 5.41) is 6.10. The number of carbonyl (C=O) groups excluding carboxylic acids is 2. The molecule has 2 amide bonds. The first-order valence-electron chi connectivity index (χ1n) is 10.5. The Morgan fingerprint density at radius 3 is 2.55 bits per heavy atom. The zero-order valence-corrected chi connectivity index (χ0v) is 17.4. The maximum absolute atomic E-state index is 12.0. The van der Waals surface area contributed by atoms with E-state index in [0.29, 0.717) is 22.9 Å². The van der Waals surface area contributed by atoms with Crippen LogP contribution in [0.25, 0.3) is 0 Å².